The van der Waals surface area contributed by atoms with E-state index in [0.717, 1.165) is 40.4 Å². The van der Waals surface area contributed by atoms with Gasteiger partial charge in [0.15, 0.2) is 5.82 Å². The molecule has 8 heteroatoms. The van der Waals surface area contributed by atoms with Crippen LogP contribution in [0.5, 0.6) is 5.75 Å². The summed E-state index contributed by atoms with van der Waals surface area (Å²) in [6.07, 6.45) is 5.34. The number of ether oxygens (including phenoxy) is 1. The molecule has 0 unspecified atom stereocenters. The van der Waals surface area contributed by atoms with Gasteiger partial charge in [-0.3, -0.25) is 0 Å². The number of likely N-dealkylation sites (N-methyl/N-ethyl adjacent to an activating group) is 1. The van der Waals surface area contributed by atoms with Crippen LogP contribution in [0.25, 0.3) is 22.6 Å². The summed E-state index contributed by atoms with van der Waals surface area (Å²) in [6.45, 7) is 6.55. The van der Waals surface area contributed by atoms with Crippen molar-refractivity contribution in [2.45, 2.75) is 59.0 Å². The third-order valence-electron chi connectivity index (χ3n) is 6.53. The molecule has 2 heterocycles. The topological polar surface area (TPSA) is 93.3 Å². The molecule has 182 valence electrons. The molecule has 2 aromatic heterocycles. The van der Waals surface area contributed by atoms with E-state index < -0.39 is 6.10 Å². The van der Waals surface area contributed by atoms with Gasteiger partial charge in [0.25, 0.3) is 0 Å². The second kappa shape index (κ2) is 10.8. The maximum atomic E-state index is 10.00. The average molecular weight is 485 g/mol. The number of aromatic nitrogens is 3. The molecule has 0 saturated heterocycles. The molecular weight excluding hydrogens is 452 g/mol. The highest BCUT2D eigenvalue weighted by molar-refractivity contribution is 6.33. The Labute approximate surface area is 205 Å². The van der Waals surface area contributed by atoms with Crippen molar-refractivity contribution >= 4 is 11.6 Å². The third-order valence-corrected chi connectivity index (χ3v) is 6.86. The Hall–Kier alpha value is -2.48. The van der Waals surface area contributed by atoms with Crippen LogP contribution < -0.4 is 10.1 Å². The lowest BCUT2D eigenvalue weighted by molar-refractivity contribution is 0.108. The van der Waals surface area contributed by atoms with E-state index in [-0.39, 0.29) is 6.61 Å². The summed E-state index contributed by atoms with van der Waals surface area (Å²) in [6, 6.07) is 5.42. The molecule has 1 saturated carbocycles. The van der Waals surface area contributed by atoms with Crippen molar-refractivity contribution in [1.82, 2.24) is 20.4 Å². The summed E-state index contributed by atoms with van der Waals surface area (Å²) in [5.74, 6) is 2.53. The molecule has 1 aliphatic carbocycles. The summed E-state index contributed by atoms with van der Waals surface area (Å²) in [5.41, 5.74) is 5.35. The predicted octanol–water partition coefficient (Wildman–Crippen LogP) is 5.07. The van der Waals surface area contributed by atoms with Crippen LogP contribution in [-0.4, -0.2) is 46.5 Å². The molecule has 1 aromatic carbocycles. The van der Waals surface area contributed by atoms with Gasteiger partial charge in [-0.25, -0.2) is 9.97 Å². The Bertz CT molecular complexity index is 1120. The van der Waals surface area contributed by atoms with Crippen LogP contribution in [-0.2, 0) is 6.42 Å². The number of aryl methyl sites for hydroxylation is 2. The van der Waals surface area contributed by atoms with Gasteiger partial charge in [0.05, 0.1) is 22.0 Å². The minimum Gasteiger partial charge on any atom is -0.491 e. The van der Waals surface area contributed by atoms with Crippen LogP contribution in [0.15, 0.2) is 22.7 Å². The summed E-state index contributed by atoms with van der Waals surface area (Å²) in [4.78, 5) is 9.96. The minimum atomic E-state index is -0.607. The Kier molecular flexibility index (Phi) is 7.86. The van der Waals surface area contributed by atoms with Gasteiger partial charge >= 0.3 is 0 Å². The highest BCUT2D eigenvalue weighted by atomic mass is 35.5. The van der Waals surface area contributed by atoms with Crippen LogP contribution in [0, 0.1) is 26.7 Å². The second-order valence-corrected chi connectivity index (χ2v) is 9.59. The van der Waals surface area contributed by atoms with Gasteiger partial charge in [-0.2, -0.15) is 0 Å². The Morgan fingerprint density at radius 1 is 1.21 bits per heavy atom. The van der Waals surface area contributed by atoms with Crippen molar-refractivity contribution in [2.75, 3.05) is 20.2 Å². The first-order valence-corrected chi connectivity index (χ1v) is 12.3. The van der Waals surface area contributed by atoms with E-state index in [2.05, 4.69) is 17.4 Å². The van der Waals surface area contributed by atoms with E-state index in [1.807, 2.05) is 19.9 Å². The van der Waals surface area contributed by atoms with E-state index >= 15 is 0 Å². The van der Waals surface area contributed by atoms with Crippen LogP contribution in [0.1, 0.15) is 48.4 Å². The number of rotatable bonds is 9. The summed E-state index contributed by atoms with van der Waals surface area (Å²) < 4.78 is 11.3. The first-order valence-electron chi connectivity index (χ1n) is 11.9. The lowest BCUT2D eigenvalue weighted by Gasteiger charge is -2.17. The van der Waals surface area contributed by atoms with E-state index in [9.17, 15) is 5.11 Å². The maximum absolute atomic E-state index is 10.00. The summed E-state index contributed by atoms with van der Waals surface area (Å²) >= 11 is 6.62. The van der Waals surface area contributed by atoms with E-state index in [0.29, 0.717) is 34.6 Å². The zero-order valence-corrected chi connectivity index (χ0v) is 21.1. The lowest BCUT2D eigenvalue weighted by atomic mass is 9.96. The van der Waals surface area contributed by atoms with Gasteiger partial charge in [-0.05, 0) is 63.9 Å². The molecule has 0 bridgehead atoms. The molecule has 0 amide bonds. The summed E-state index contributed by atoms with van der Waals surface area (Å²) in [7, 11) is 1.79. The highest BCUT2D eigenvalue weighted by Crippen LogP contribution is 2.36. The van der Waals surface area contributed by atoms with Gasteiger partial charge in [0.1, 0.15) is 24.2 Å². The largest absolute Gasteiger partial charge is 0.491 e. The number of aliphatic hydroxyl groups excluding tert-OH is 1. The fourth-order valence-corrected chi connectivity index (χ4v) is 4.89. The fourth-order valence-electron chi connectivity index (χ4n) is 4.69. The molecule has 1 fully saturated rings. The number of halogens is 1. The molecule has 7 nitrogen and oxygen atoms in total. The molecule has 0 spiro atoms. The number of hydrogen-bond acceptors (Lipinski definition) is 7. The highest BCUT2D eigenvalue weighted by Gasteiger charge is 2.24. The van der Waals surface area contributed by atoms with Crippen molar-refractivity contribution in [1.29, 1.82) is 0 Å². The van der Waals surface area contributed by atoms with Crippen molar-refractivity contribution in [3.05, 3.63) is 45.9 Å². The smallest absolute Gasteiger partial charge is 0.161 e. The van der Waals surface area contributed by atoms with Crippen LogP contribution in [0.4, 0.5) is 0 Å². The summed E-state index contributed by atoms with van der Waals surface area (Å²) in [5, 5.41) is 17.6. The van der Waals surface area contributed by atoms with E-state index in [4.69, 9.17) is 30.8 Å². The average Bonchev–Trinajstić information content (AvgIpc) is 3.44. The van der Waals surface area contributed by atoms with Gasteiger partial charge in [-0.15, -0.1) is 0 Å². The van der Waals surface area contributed by atoms with Crippen molar-refractivity contribution < 1.29 is 14.4 Å². The normalized spacial score (nSPS) is 15.1. The molecule has 2 N–H and O–H groups in total. The van der Waals surface area contributed by atoms with Gasteiger partial charge in [0, 0.05) is 17.8 Å². The lowest BCUT2D eigenvalue weighted by Crippen LogP contribution is -2.29. The molecule has 0 aliphatic heterocycles. The minimum absolute atomic E-state index is 0.175. The quantitative estimate of drug-likeness (QED) is 0.438. The van der Waals surface area contributed by atoms with E-state index in [1.165, 1.54) is 25.7 Å². The van der Waals surface area contributed by atoms with Crippen molar-refractivity contribution in [2.24, 2.45) is 5.92 Å². The zero-order valence-electron chi connectivity index (χ0n) is 20.3. The van der Waals surface area contributed by atoms with Gasteiger partial charge in [-0.1, -0.05) is 42.4 Å². The molecule has 1 atom stereocenters. The number of nitrogens with one attached hydrogen (secondary N) is 1. The number of nitrogens with zero attached hydrogens (tertiary/aromatic N) is 3. The Morgan fingerprint density at radius 2 is 1.97 bits per heavy atom. The molecular formula is C26H33ClN4O3. The van der Waals surface area contributed by atoms with Crippen LogP contribution in [0.3, 0.4) is 0 Å². The first kappa shape index (κ1) is 24.6. The first-order chi connectivity index (χ1) is 16.4. The molecule has 4 rings (SSSR count). The molecule has 1 aliphatic rings. The molecule has 3 aromatic rings. The van der Waals surface area contributed by atoms with Crippen molar-refractivity contribution in [3.63, 3.8) is 0 Å². The van der Waals surface area contributed by atoms with E-state index in [1.54, 1.807) is 19.2 Å². The molecule has 34 heavy (non-hydrogen) atoms. The van der Waals surface area contributed by atoms with Gasteiger partial charge < -0.3 is 19.7 Å². The second-order valence-electron chi connectivity index (χ2n) is 9.19. The standard InChI is InChI=1S/C26H33ClN4O3/c1-15-23(11-18-7-5-6-8-18)29-26(30-25(15)24-16(2)31-34-17(24)3)21-12-20(9-10-22(21)27)33-14-19(32)13-28-4/h9-10,12,18-19,28,32H,5-8,11,13-14H2,1-4H3/t19-/m1/s1. The van der Waals surface area contributed by atoms with Gasteiger partial charge in [0.2, 0.25) is 0 Å². The number of benzene rings is 1. The van der Waals surface area contributed by atoms with Crippen LogP contribution in [0.2, 0.25) is 5.02 Å². The third kappa shape index (κ3) is 5.43. The SMILES string of the molecule is CNC[C@@H](O)COc1ccc(Cl)c(-c2nc(CC3CCCC3)c(C)c(-c3c(C)noc3C)n2)c1. The Morgan fingerprint density at radius 3 is 2.65 bits per heavy atom. The zero-order chi connectivity index (χ0) is 24.2. The van der Waals surface area contributed by atoms with Crippen LogP contribution >= 0.6 is 11.6 Å². The Balaban J connectivity index is 1.76. The monoisotopic (exact) mass is 484 g/mol. The fraction of sp³-hybridized carbons (Fsp3) is 0.500. The predicted molar refractivity (Wildman–Crippen MR) is 133 cm³/mol. The molecule has 0 radical (unpaired) electrons. The van der Waals surface area contributed by atoms with Crippen molar-refractivity contribution in [3.8, 4) is 28.4 Å². The maximum Gasteiger partial charge on any atom is 0.161 e. The number of aliphatic hydroxyl groups is 1. The number of hydrogen-bond donors (Lipinski definition) is 2.